The number of amides is 1. The van der Waals surface area contributed by atoms with Crippen molar-refractivity contribution in [1.82, 2.24) is 14.6 Å². The molecular weight excluding hydrogens is 294 g/mol. The third kappa shape index (κ3) is 3.45. The van der Waals surface area contributed by atoms with Crippen molar-refractivity contribution in [3.63, 3.8) is 0 Å². The second-order valence-electron chi connectivity index (χ2n) is 5.54. The van der Waals surface area contributed by atoms with Crippen molar-refractivity contribution < 1.29 is 18.3 Å². The monoisotopic (exact) mass is 315 g/mol. The van der Waals surface area contributed by atoms with Crippen LogP contribution in [0.25, 0.3) is 0 Å². The SMILES string of the molecule is CNS(=O)(=O)c1cc(C(=O)NCC2(CCO)CC2)n(C)c1. The molecule has 0 unspecified atom stereocenters. The maximum Gasteiger partial charge on any atom is 0.267 e. The number of hydrogen-bond acceptors (Lipinski definition) is 4. The zero-order chi connectivity index (χ0) is 15.7. The summed E-state index contributed by atoms with van der Waals surface area (Å²) in [6.07, 6.45) is 4.09. The van der Waals surface area contributed by atoms with Crippen LogP contribution in [0.1, 0.15) is 29.8 Å². The van der Waals surface area contributed by atoms with Gasteiger partial charge in [-0.3, -0.25) is 4.79 Å². The van der Waals surface area contributed by atoms with E-state index >= 15 is 0 Å². The number of nitrogens with zero attached hydrogens (tertiary/aromatic N) is 1. The van der Waals surface area contributed by atoms with E-state index in [0.29, 0.717) is 18.7 Å². The number of aryl methyl sites for hydroxylation is 1. The van der Waals surface area contributed by atoms with E-state index < -0.39 is 10.0 Å². The highest BCUT2D eigenvalue weighted by Gasteiger charge is 2.42. The van der Waals surface area contributed by atoms with E-state index in [9.17, 15) is 13.2 Å². The molecule has 3 N–H and O–H groups in total. The van der Waals surface area contributed by atoms with E-state index in [0.717, 1.165) is 12.8 Å². The third-order valence-electron chi connectivity index (χ3n) is 4.01. The molecule has 1 aliphatic rings. The standard InChI is InChI=1S/C13H21N3O4S/c1-14-21(19,20)10-7-11(16(2)8-10)12(18)15-9-13(3-4-13)5-6-17/h7-8,14,17H,3-6,9H2,1-2H3,(H,15,18). The molecule has 1 saturated carbocycles. The number of aromatic nitrogens is 1. The lowest BCUT2D eigenvalue weighted by atomic mass is 10.0. The summed E-state index contributed by atoms with van der Waals surface area (Å²) in [5.41, 5.74) is 0.318. The highest BCUT2D eigenvalue weighted by atomic mass is 32.2. The van der Waals surface area contributed by atoms with Gasteiger partial charge in [0, 0.05) is 26.4 Å². The van der Waals surface area contributed by atoms with E-state index in [1.807, 2.05) is 0 Å². The summed E-state index contributed by atoms with van der Waals surface area (Å²) < 4.78 is 27.1. The Morgan fingerprint density at radius 2 is 2.14 bits per heavy atom. The fourth-order valence-corrected chi connectivity index (χ4v) is 3.11. The number of rotatable bonds is 7. The summed E-state index contributed by atoms with van der Waals surface area (Å²) in [4.78, 5) is 12.2. The fraction of sp³-hybridized carbons (Fsp3) is 0.615. The zero-order valence-electron chi connectivity index (χ0n) is 12.2. The summed E-state index contributed by atoms with van der Waals surface area (Å²) in [7, 11) is -0.601. The van der Waals surface area contributed by atoms with Crippen LogP contribution in [0.2, 0.25) is 0 Å². The minimum absolute atomic E-state index is 0.0233. The minimum Gasteiger partial charge on any atom is -0.396 e. The summed E-state index contributed by atoms with van der Waals surface area (Å²) in [5.74, 6) is -0.306. The second-order valence-corrected chi connectivity index (χ2v) is 7.42. The molecule has 0 aromatic carbocycles. The molecule has 8 heteroatoms. The molecule has 21 heavy (non-hydrogen) atoms. The van der Waals surface area contributed by atoms with Gasteiger partial charge < -0.3 is 15.0 Å². The highest BCUT2D eigenvalue weighted by Crippen LogP contribution is 2.47. The molecule has 1 fully saturated rings. The molecule has 7 nitrogen and oxygen atoms in total. The van der Waals surface area contributed by atoms with Gasteiger partial charge in [-0.05, 0) is 37.8 Å². The number of sulfonamides is 1. The Morgan fingerprint density at radius 3 is 2.67 bits per heavy atom. The van der Waals surface area contributed by atoms with Crippen LogP contribution in [0.15, 0.2) is 17.2 Å². The Hall–Kier alpha value is -1.38. The van der Waals surface area contributed by atoms with Gasteiger partial charge in [0.15, 0.2) is 0 Å². The summed E-state index contributed by atoms with van der Waals surface area (Å²) in [6.45, 7) is 0.621. The Morgan fingerprint density at radius 1 is 1.48 bits per heavy atom. The number of carbonyl (C=O) groups is 1. The molecule has 1 aromatic heterocycles. The quantitative estimate of drug-likeness (QED) is 0.650. The van der Waals surface area contributed by atoms with Crippen molar-refractivity contribution in [3.05, 3.63) is 18.0 Å². The lowest BCUT2D eigenvalue weighted by Gasteiger charge is -2.14. The van der Waals surface area contributed by atoms with Gasteiger partial charge in [-0.1, -0.05) is 0 Å². The van der Waals surface area contributed by atoms with Crippen LogP contribution in [-0.2, 0) is 17.1 Å². The Kier molecular flexibility index (Phi) is 4.40. The molecule has 2 rings (SSSR count). The maximum absolute atomic E-state index is 12.2. The molecule has 1 aromatic rings. The molecule has 0 spiro atoms. The van der Waals surface area contributed by atoms with Gasteiger partial charge in [0.1, 0.15) is 10.6 Å². The van der Waals surface area contributed by atoms with E-state index in [4.69, 9.17) is 5.11 Å². The van der Waals surface area contributed by atoms with Gasteiger partial charge in [0.05, 0.1) is 0 Å². The summed E-state index contributed by atoms with van der Waals surface area (Å²) >= 11 is 0. The first-order valence-electron chi connectivity index (χ1n) is 6.82. The lowest BCUT2D eigenvalue weighted by molar-refractivity contribution is 0.0932. The average Bonchev–Trinajstić information content (AvgIpc) is 3.09. The first-order valence-corrected chi connectivity index (χ1v) is 8.31. The predicted octanol–water partition coefficient (Wildman–Crippen LogP) is -0.174. The van der Waals surface area contributed by atoms with Crippen LogP contribution < -0.4 is 10.0 Å². The molecule has 0 saturated heterocycles. The number of hydrogen-bond donors (Lipinski definition) is 3. The number of nitrogens with one attached hydrogen (secondary N) is 2. The topological polar surface area (TPSA) is 100 Å². The fourth-order valence-electron chi connectivity index (χ4n) is 2.31. The minimum atomic E-state index is -3.56. The Labute approximate surface area is 124 Å². The molecule has 0 bridgehead atoms. The van der Waals surface area contributed by atoms with Gasteiger partial charge >= 0.3 is 0 Å². The molecule has 1 aliphatic carbocycles. The van der Waals surface area contributed by atoms with Crippen LogP contribution >= 0.6 is 0 Å². The van der Waals surface area contributed by atoms with Gasteiger partial charge in [0.2, 0.25) is 10.0 Å². The summed E-state index contributed by atoms with van der Waals surface area (Å²) in [5, 5.41) is 11.8. The van der Waals surface area contributed by atoms with E-state index in [-0.39, 0.29) is 22.8 Å². The number of aliphatic hydroxyl groups excluding tert-OH is 1. The molecule has 1 heterocycles. The summed E-state index contributed by atoms with van der Waals surface area (Å²) in [6, 6.07) is 1.35. The second kappa shape index (κ2) is 5.78. The predicted molar refractivity (Wildman–Crippen MR) is 77.4 cm³/mol. The van der Waals surface area contributed by atoms with Crippen molar-refractivity contribution in [3.8, 4) is 0 Å². The van der Waals surface area contributed by atoms with Crippen molar-refractivity contribution in [2.24, 2.45) is 12.5 Å². The van der Waals surface area contributed by atoms with Crippen molar-refractivity contribution in [1.29, 1.82) is 0 Å². The highest BCUT2D eigenvalue weighted by molar-refractivity contribution is 7.89. The first-order chi connectivity index (χ1) is 9.83. The van der Waals surface area contributed by atoms with Gasteiger partial charge in [-0.2, -0.15) is 0 Å². The first kappa shape index (κ1) is 16.0. The average molecular weight is 315 g/mol. The van der Waals surface area contributed by atoms with Gasteiger partial charge in [-0.15, -0.1) is 0 Å². The van der Waals surface area contributed by atoms with Crippen molar-refractivity contribution in [2.45, 2.75) is 24.2 Å². The van der Waals surface area contributed by atoms with Gasteiger partial charge in [0.25, 0.3) is 5.91 Å². The zero-order valence-corrected chi connectivity index (χ0v) is 13.0. The van der Waals surface area contributed by atoms with Crippen molar-refractivity contribution in [2.75, 3.05) is 20.2 Å². The maximum atomic E-state index is 12.2. The largest absolute Gasteiger partial charge is 0.396 e. The van der Waals surface area contributed by atoms with Crippen LogP contribution in [0.3, 0.4) is 0 Å². The molecule has 0 atom stereocenters. The molecule has 0 radical (unpaired) electrons. The lowest BCUT2D eigenvalue weighted by Crippen LogP contribution is -2.31. The smallest absolute Gasteiger partial charge is 0.267 e. The molecule has 118 valence electrons. The van der Waals surface area contributed by atoms with Crippen LogP contribution in [-0.4, -0.2) is 44.2 Å². The Balaban J connectivity index is 2.06. The van der Waals surface area contributed by atoms with E-state index in [1.54, 1.807) is 7.05 Å². The van der Waals surface area contributed by atoms with Crippen molar-refractivity contribution >= 4 is 15.9 Å². The van der Waals surface area contributed by atoms with Crippen LogP contribution in [0.4, 0.5) is 0 Å². The molecular formula is C13H21N3O4S. The van der Waals surface area contributed by atoms with Crippen LogP contribution in [0, 0.1) is 5.41 Å². The van der Waals surface area contributed by atoms with Gasteiger partial charge in [-0.25, -0.2) is 13.1 Å². The Bertz CT molecular complexity index is 632. The van der Waals surface area contributed by atoms with E-state index in [2.05, 4.69) is 10.0 Å². The molecule has 0 aliphatic heterocycles. The number of aliphatic hydroxyl groups is 1. The third-order valence-corrected chi connectivity index (χ3v) is 5.40. The van der Waals surface area contributed by atoms with E-state index in [1.165, 1.54) is 23.9 Å². The molecule has 1 amide bonds. The van der Waals surface area contributed by atoms with Crippen LogP contribution in [0.5, 0.6) is 0 Å². The normalized spacial score (nSPS) is 16.7. The number of carbonyl (C=O) groups excluding carboxylic acids is 1.